The van der Waals surface area contributed by atoms with Crippen molar-refractivity contribution < 1.29 is 14.6 Å². The Morgan fingerprint density at radius 1 is 1.67 bits per heavy atom. The molecule has 0 amide bonds. The van der Waals surface area contributed by atoms with Crippen molar-refractivity contribution in [3.8, 4) is 5.75 Å². The van der Waals surface area contributed by atoms with Crippen LogP contribution in [0, 0.1) is 0 Å². The Morgan fingerprint density at radius 3 is 3.17 bits per heavy atom. The molecule has 18 heavy (non-hydrogen) atoms. The molecule has 2 N–H and O–H groups in total. The van der Waals surface area contributed by atoms with Gasteiger partial charge in [-0.25, -0.2) is 0 Å². The van der Waals surface area contributed by atoms with Crippen LogP contribution in [-0.4, -0.2) is 29.5 Å². The zero-order valence-corrected chi connectivity index (χ0v) is 12.3. The minimum atomic E-state index is -0.307. The van der Waals surface area contributed by atoms with Crippen molar-refractivity contribution in [2.24, 2.45) is 0 Å². The van der Waals surface area contributed by atoms with Gasteiger partial charge in [-0.05, 0) is 25.1 Å². The van der Waals surface area contributed by atoms with E-state index >= 15 is 0 Å². The van der Waals surface area contributed by atoms with E-state index in [1.54, 1.807) is 30.8 Å². The summed E-state index contributed by atoms with van der Waals surface area (Å²) in [6.45, 7) is 2.17. The second-order valence-corrected chi connectivity index (χ2v) is 5.94. The Morgan fingerprint density at radius 2 is 2.44 bits per heavy atom. The van der Waals surface area contributed by atoms with Gasteiger partial charge < -0.3 is 9.84 Å². The first kappa shape index (κ1) is 13.7. The van der Waals surface area contributed by atoms with E-state index in [0.29, 0.717) is 12.4 Å². The molecule has 0 aliphatic carbocycles. The van der Waals surface area contributed by atoms with E-state index in [1.165, 1.54) is 0 Å². The molecular formula is C12H14BrNO3S. The minimum absolute atomic E-state index is 0.0862. The predicted octanol–water partition coefficient (Wildman–Crippen LogP) is 2.42. The lowest BCUT2D eigenvalue weighted by atomic mass is 10.2. The van der Waals surface area contributed by atoms with E-state index in [2.05, 4.69) is 21.2 Å². The van der Waals surface area contributed by atoms with Crippen LogP contribution in [0.3, 0.4) is 0 Å². The summed E-state index contributed by atoms with van der Waals surface area (Å²) in [6.07, 6.45) is 0. The number of phenolic OH excluding ortho intramolecular Hbond substituents is 1. The van der Waals surface area contributed by atoms with Crippen molar-refractivity contribution in [1.29, 1.82) is 0 Å². The van der Waals surface area contributed by atoms with Crippen LogP contribution in [-0.2, 0) is 9.53 Å². The van der Waals surface area contributed by atoms with Crippen molar-refractivity contribution in [2.75, 3.05) is 12.4 Å². The Kier molecular flexibility index (Phi) is 4.53. The molecule has 6 heteroatoms. The van der Waals surface area contributed by atoms with E-state index in [9.17, 15) is 9.90 Å². The average molecular weight is 332 g/mol. The molecule has 1 fully saturated rings. The second-order valence-electron chi connectivity index (χ2n) is 3.89. The van der Waals surface area contributed by atoms with E-state index in [1.807, 2.05) is 6.07 Å². The van der Waals surface area contributed by atoms with Crippen LogP contribution in [0.25, 0.3) is 0 Å². The molecule has 1 aromatic rings. The second kappa shape index (κ2) is 5.95. The number of rotatable bonds is 3. The summed E-state index contributed by atoms with van der Waals surface area (Å²) in [7, 11) is 0. The van der Waals surface area contributed by atoms with Crippen LogP contribution in [0.15, 0.2) is 22.7 Å². The first-order valence-electron chi connectivity index (χ1n) is 5.64. The molecule has 1 aromatic carbocycles. The normalized spacial score (nSPS) is 23.0. The summed E-state index contributed by atoms with van der Waals surface area (Å²) in [5.41, 5.74) is 0.779. The lowest BCUT2D eigenvalue weighted by Gasteiger charge is -2.14. The van der Waals surface area contributed by atoms with E-state index in [4.69, 9.17) is 4.74 Å². The Balaban J connectivity index is 2.08. The first-order valence-corrected chi connectivity index (χ1v) is 7.48. The van der Waals surface area contributed by atoms with Crippen molar-refractivity contribution in [2.45, 2.75) is 18.3 Å². The van der Waals surface area contributed by atoms with Crippen LogP contribution in [0.4, 0.5) is 0 Å². The molecule has 0 radical (unpaired) electrons. The summed E-state index contributed by atoms with van der Waals surface area (Å²) < 4.78 is 5.88. The summed E-state index contributed by atoms with van der Waals surface area (Å²) in [5, 5.41) is 12.9. The topological polar surface area (TPSA) is 58.6 Å². The number of halogens is 1. The van der Waals surface area contributed by atoms with Crippen molar-refractivity contribution >= 4 is 33.7 Å². The van der Waals surface area contributed by atoms with Gasteiger partial charge in [0.1, 0.15) is 11.8 Å². The van der Waals surface area contributed by atoms with Gasteiger partial charge in [0.05, 0.1) is 12.0 Å². The number of hydrogen-bond acceptors (Lipinski definition) is 5. The number of carbonyl (C=O) groups is 1. The molecule has 0 aromatic heterocycles. The van der Waals surface area contributed by atoms with Crippen molar-refractivity contribution in [3.63, 3.8) is 0 Å². The largest absolute Gasteiger partial charge is 0.508 e. The lowest BCUT2D eigenvalue weighted by molar-refractivity contribution is -0.144. The zero-order valence-electron chi connectivity index (χ0n) is 9.85. The highest BCUT2D eigenvalue weighted by atomic mass is 79.9. The number of esters is 1. The summed E-state index contributed by atoms with van der Waals surface area (Å²) in [6, 6.07) is 4.96. The first-order chi connectivity index (χ1) is 8.61. The molecule has 98 valence electrons. The quantitative estimate of drug-likeness (QED) is 0.833. The highest BCUT2D eigenvalue weighted by molar-refractivity contribution is 9.10. The highest BCUT2D eigenvalue weighted by Crippen LogP contribution is 2.38. The molecule has 4 nitrogen and oxygen atoms in total. The molecule has 2 unspecified atom stereocenters. The van der Waals surface area contributed by atoms with Gasteiger partial charge >= 0.3 is 5.97 Å². The molecule has 1 saturated heterocycles. The number of nitrogens with one attached hydrogen (secondary N) is 1. The third kappa shape index (κ3) is 2.99. The maximum absolute atomic E-state index is 11.6. The van der Waals surface area contributed by atoms with Gasteiger partial charge in [0.2, 0.25) is 0 Å². The van der Waals surface area contributed by atoms with Crippen molar-refractivity contribution in [3.05, 3.63) is 28.2 Å². The fourth-order valence-corrected chi connectivity index (χ4v) is 3.39. The molecule has 0 spiro atoms. The van der Waals surface area contributed by atoms with Crippen LogP contribution >= 0.6 is 27.7 Å². The van der Waals surface area contributed by atoms with E-state index < -0.39 is 0 Å². The van der Waals surface area contributed by atoms with Gasteiger partial charge in [-0.2, -0.15) is 0 Å². The van der Waals surface area contributed by atoms with Gasteiger partial charge in [-0.3, -0.25) is 10.1 Å². The van der Waals surface area contributed by atoms with Gasteiger partial charge in [0.25, 0.3) is 0 Å². The van der Waals surface area contributed by atoms with Crippen LogP contribution in [0.2, 0.25) is 0 Å². The molecule has 0 bridgehead atoms. The van der Waals surface area contributed by atoms with Crippen LogP contribution < -0.4 is 5.32 Å². The fourth-order valence-electron chi connectivity index (χ4n) is 1.77. The van der Waals surface area contributed by atoms with Crippen molar-refractivity contribution in [1.82, 2.24) is 5.32 Å². The third-order valence-electron chi connectivity index (χ3n) is 2.63. The summed E-state index contributed by atoms with van der Waals surface area (Å²) >= 11 is 4.96. The van der Waals surface area contributed by atoms with Gasteiger partial charge in [0.15, 0.2) is 0 Å². The zero-order chi connectivity index (χ0) is 13.1. The third-order valence-corrected chi connectivity index (χ3v) is 4.37. The number of ether oxygens (including phenoxy) is 1. The molecule has 0 saturated carbocycles. The molecule has 2 atom stereocenters. The fraction of sp³-hybridized carbons (Fsp3) is 0.417. The minimum Gasteiger partial charge on any atom is -0.508 e. The number of thioether (sulfide) groups is 1. The number of carbonyl (C=O) groups excluding carboxylic acids is 1. The van der Waals surface area contributed by atoms with Crippen LogP contribution in [0.1, 0.15) is 17.9 Å². The smallest absolute Gasteiger partial charge is 0.324 e. The summed E-state index contributed by atoms with van der Waals surface area (Å²) in [4.78, 5) is 11.6. The van der Waals surface area contributed by atoms with Gasteiger partial charge in [-0.15, -0.1) is 11.8 Å². The maximum atomic E-state index is 11.6. The molecule has 2 rings (SSSR count). The molecular weight excluding hydrogens is 318 g/mol. The molecule has 1 heterocycles. The standard InChI is InChI=1S/C12H14BrNO3S/c1-2-17-12(16)9-6-18-11(14-9)8-5-7(13)3-4-10(8)15/h3-5,9,11,14-15H,2,6H2,1H3. The monoisotopic (exact) mass is 331 g/mol. The number of hydrogen-bond donors (Lipinski definition) is 2. The van der Waals surface area contributed by atoms with Crippen LogP contribution in [0.5, 0.6) is 5.75 Å². The SMILES string of the molecule is CCOC(=O)C1CSC(c2cc(Br)ccc2O)N1. The Labute approximate surface area is 118 Å². The Bertz CT molecular complexity index is 455. The Hall–Kier alpha value is -0.720. The number of benzene rings is 1. The average Bonchev–Trinajstić information content (AvgIpc) is 2.82. The summed E-state index contributed by atoms with van der Waals surface area (Å²) in [5.74, 6) is 0.643. The lowest BCUT2D eigenvalue weighted by Crippen LogP contribution is -2.35. The number of aromatic hydroxyl groups is 1. The van der Waals surface area contributed by atoms with Gasteiger partial charge in [-0.1, -0.05) is 15.9 Å². The maximum Gasteiger partial charge on any atom is 0.324 e. The highest BCUT2D eigenvalue weighted by Gasteiger charge is 2.32. The predicted molar refractivity (Wildman–Crippen MR) is 74.6 cm³/mol. The van der Waals surface area contributed by atoms with Gasteiger partial charge in [0, 0.05) is 15.8 Å². The van der Waals surface area contributed by atoms with E-state index in [-0.39, 0.29) is 23.1 Å². The van der Waals surface area contributed by atoms with E-state index in [0.717, 1.165) is 10.0 Å². The molecule has 1 aliphatic rings. The molecule has 1 aliphatic heterocycles. The number of phenols is 1.